The summed E-state index contributed by atoms with van der Waals surface area (Å²) < 4.78 is 0. The molecule has 1 N–H and O–H groups in total. The Morgan fingerprint density at radius 1 is 1.00 bits per heavy atom. The van der Waals surface area contributed by atoms with Gasteiger partial charge in [-0.1, -0.05) is 83.2 Å². The molecule has 0 heterocycles. The Labute approximate surface area is 131 Å². The van der Waals surface area contributed by atoms with Gasteiger partial charge in [0.2, 0.25) is 0 Å². The van der Waals surface area contributed by atoms with Crippen molar-refractivity contribution in [2.24, 2.45) is 11.8 Å². The second-order valence-corrected chi connectivity index (χ2v) is 7.20. The van der Waals surface area contributed by atoms with Crippen LogP contribution in [0, 0.1) is 11.8 Å². The van der Waals surface area contributed by atoms with E-state index in [1.54, 1.807) is 0 Å². The zero-order chi connectivity index (χ0) is 15.1. The van der Waals surface area contributed by atoms with Crippen LogP contribution in [-0.4, -0.2) is 12.6 Å². The van der Waals surface area contributed by atoms with E-state index < -0.39 is 0 Å². The van der Waals surface area contributed by atoms with Gasteiger partial charge in [-0.2, -0.15) is 0 Å². The summed E-state index contributed by atoms with van der Waals surface area (Å²) in [6.07, 6.45) is 8.55. The third-order valence-corrected chi connectivity index (χ3v) is 5.21. The number of hydrogen-bond acceptors (Lipinski definition) is 1. The van der Waals surface area contributed by atoms with Crippen LogP contribution in [0.4, 0.5) is 0 Å². The number of hydrogen-bond donors (Lipinski definition) is 1. The summed E-state index contributed by atoms with van der Waals surface area (Å²) in [7, 11) is 0. The topological polar surface area (TPSA) is 12.0 Å². The zero-order valence-electron chi connectivity index (χ0n) is 14.1. The Bertz CT molecular complexity index is 376. The fourth-order valence-corrected chi connectivity index (χ4v) is 3.72. The zero-order valence-corrected chi connectivity index (χ0v) is 14.1. The molecule has 1 nitrogen and oxygen atoms in total. The highest BCUT2D eigenvalue weighted by Crippen LogP contribution is 2.36. The summed E-state index contributed by atoms with van der Waals surface area (Å²) >= 11 is 0. The Kier molecular flexibility index (Phi) is 6.76. The summed E-state index contributed by atoms with van der Waals surface area (Å²) in [6.45, 7) is 7.96. The van der Waals surface area contributed by atoms with Gasteiger partial charge in [0.25, 0.3) is 0 Å². The molecule has 2 rings (SSSR count). The second kappa shape index (κ2) is 8.58. The van der Waals surface area contributed by atoms with E-state index in [4.69, 9.17) is 0 Å². The van der Waals surface area contributed by atoms with E-state index in [1.807, 2.05) is 0 Å². The first-order chi connectivity index (χ1) is 10.2. The first-order valence-electron chi connectivity index (χ1n) is 8.97. The van der Waals surface area contributed by atoms with Crippen molar-refractivity contribution in [3.63, 3.8) is 0 Å². The van der Waals surface area contributed by atoms with Crippen molar-refractivity contribution in [3.8, 4) is 0 Å². The molecule has 1 unspecified atom stereocenters. The molecule has 1 fully saturated rings. The summed E-state index contributed by atoms with van der Waals surface area (Å²) in [5.41, 5.74) is 1.52. The van der Waals surface area contributed by atoms with E-state index in [1.165, 1.54) is 44.1 Å². The molecule has 0 saturated heterocycles. The fraction of sp³-hybridized carbons (Fsp3) is 0.700. The third kappa shape index (κ3) is 5.47. The van der Waals surface area contributed by atoms with Crippen molar-refractivity contribution in [1.29, 1.82) is 0 Å². The first kappa shape index (κ1) is 16.5. The fourth-order valence-electron chi connectivity index (χ4n) is 3.72. The maximum atomic E-state index is 3.65. The van der Waals surface area contributed by atoms with Gasteiger partial charge in [0, 0.05) is 12.6 Å². The molecule has 118 valence electrons. The van der Waals surface area contributed by atoms with E-state index in [0.29, 0.717) is 12.0 Å². The summed E-state index contributed by atoms with van der Waals surface area (Å²) in [5, 5.41) is 3.65. The molecule has 1 aliphatic carbocycles. The lowest BCUT2D eigenvalue weighted by molar-refractivity contribution is 0.245. The number of nitrogens with one attached hydrogen (secondary N) is 1. The third-order valence-electron chi connectivity index (χ3n) is 5.21. The molecule has 1 saturated carbocycles. The minimum Gasteiger partial charge on any atom is -0.314 e. The molecule has 0 aromatic heterocycles. The average molecular weight is 287 g/mol. The highest BCUT2D eigenvalue weighted by Gasteiger charge is 2.23. The predicted octanol–water partition coefficient (Wildman–Crippen LogP) is 5.37. The predicted molar refractivity (Wildman–Crippen MR) is 92.7 cm³/mol. The lowest BCUT2D eigenvalue weighted by atomic mass is 9.76. The Hall–Kier alpha value is -0.820. The van der Waals surface area contributed by atoms with Crippen LogP contribution in [0.15, 0.2) is 30.3 Å². The highest BCUT2D eigenvalue weighted by atomic mass is 14.9. The molecular formula is C20H33N. The van der Waals surface area contributed by atoms with Gasteiger partial charge in [0.15, 0.2) is 0 Å². The van der Waals surface area contributed by atoms with Gasteiger partial charge in [-0.3, -0.25) is 0 Å². The number of rotatable bonds is 7. The molecule has 21 heavy (non-hydrogen) atoms. The lowest BCUT2D eigenvalue weighted by Crippen LogP contribution is -2.29. The van der Waals surface area contributed by atoms with Gasteiger partial charge in [0.1, 0.15) is 0 Å². The van der Waals surface area contributed by atoms with Crippen LogP contribution in [0.3, 0.4) is 0 Å². The molecule has 0 spiro atoms. The van der Waals surface area contributed by atoms with Crippen LogP contribution in [0.5, 0.6) is 0 Å². The van der Waals surface area contributed by atoms with Crippen LogP contribution in [0.1, 0.15) is 70.8 Å². The maximum absolute atomic E-state index is 3.65. The first-order valence-corrected chi connectivity index (χ1v) is 8.97. The normalized spacial score (nSPS) is 24.2. The molecule has 1 aliphatic rings. The summed E-state index contributed by atoms with van der Waals surface area (Å²) in [4.78, 5) is 0. The van der Waals surface area contributed by atoms with Crippen molar-refractivity contribution in [2.75, 3.05) is 6.54 Å². The van der Waals surface area contributed by atoms with E-state index in [2.05, 4.69) is 56.4 Å². The van der Waals surface area contributed by atoms with E-state index in [9.17, 15) is 0 Å². The highest BCUT2D eigenvalue weighted by molar-refractivity contribution is 5.20. The maximum Gasteiger partial charge on any atom is 0.00226 e. The Morgan fingerprint density at radius 2 is 1.62 bits per heavy atom. The van der Waals surface area contributed by atoms with E-state index in [-0.39, 0.29) is 0 Å². The van der Waals surface area contributed by atoms with Crippen LogP contribution in [0.25, 0.3) is 0 Å². The van der Waals surface area contributed by atoms with Crippen molar-refractivity contribution < 1.29 is 0 Å². The summed E-state index contributed by atoms with van der Waals surface area (Å²) in [5.74, 6) is 2.62. The lowest BCUT2D eigenvalue weighted by Gasteiger charge is -2.31. The van der Waals surface area contributed by atoms with Crippen LogP contribution < -0.4 is 5.32 Å². The van der Waals surface area contributed by atoms with Crippen molar-refractivity contribution in [2.45, 2.75) is 71.3 Å². The monoisotopic (exact) mass is 287 g/mol. The molecule has 0 bridgehead atoms. The molecule has 0 amide bonds. The largest absolute Gasteiger partial charge is 0.314 e. The van der Waals surface area contributed by atoms with Crippen molar-refractivity contribution in [1.82, 2.24) is 5.32 Å². The molecule has 1 aromatic carbocycles. The summed E-state index contributed by atoms with van der Waals surface area (Å²) in [6, 6.07) is 11.7. The van der Waals surface area contributed by atoms with Gasteiger partial charge >= 0.3 is 0 Å². The van der Waals surface area contributed by atoms with Gasteiger partial charge < -0.3 is 5.32 Å². The Morgan fingerprint density at radius 3 is 2.19 bits per heavy atom. The van der Waals surface area contributed by atoms with Gasteiger partial charge in [-0.05, 0) is 29.7 Å². The van der Waals surface area contributed by atoms with Crippen LogP contribution in [-0.2, 0) is 0 Å². The Balaban J connectivity index is 1.93. The van der Waals surface area contributed by atoms with Crippen molar-refractivity contribution in [3.05, 3.63) is 35.9 Å². The minimum atomic E-state index is 0.576. The standard InChI is InChI=1S/C20H33N/c1-4-17-10-12-18(13-11-17)14-20(15-21-16(2)3)19-8-6-5-7-9-19/h5-9,16-18,20-21H,4,10-15H2,1-3H3. The van der Waals surface area contributed by atoms with Crippen LogP contribution in [0.2, 0.25) is 0 Å². The molecule has 0 aliphatic heterocycles. The average Bonchev–Trinajstić information content (AvgIpc) is 2.52. The molecule has 1 heteroatoms. The van der Waals surface area contributed by atoms with Gasteiger partial charge in [-0.15, -0.1) is 0 Å². The minimum absolute atomic E-state index is 0.576. The van der Waals surface area contributed by atoms with E-state index >= 15 is 0 Å². The van der Waals surface area contributed by atoms with Gasteiger partial charge in [0.05, 0.1) is 0 Å². The quantitative estimate of drug-likeness (QED) is 0.710. The molecule has 0 radical (unpaired) electrons. The SMILES string of the molecule is CCC1CCC(CC(CNC(C)C)c2ccccc2)CC1. The molecular weight excluding hydrogens is 254 g/mol. The molecule has 1 aromatic rings. The number of benzene rings is 1. The second-order valence-electron chi connectivity index (χ2n) is 7.20. The van der Waals surface area contributed by atoms with Crippen molar-refractivity contribution >= 4 is 0 Å². The molecule has 1 atom stereocenters. The van der Waals surface area contributed by atoms with Gasteiger partial charge in [-0.25, -0.2) is 0 Å². The smallest absolute Gasteiger partial charge is 0.00226 e. The van der Waals surface area contributed by atoms with E-state index in [0.717, 1.165) is 18.4 Å². The van der Waals surface area contributed by atoms with Crippen LogP contribution >= 0.6 is 0 Å².